The van der Waals surface area contributed by atoms with Crippen LogP contribution in [0.3, 0.4) is 0 Å². The lowest BCUT2D eigenvalue weighted by Gasteiger charge is -2.23. The number of hydrogen-bond acceptors (Lipinski definition) is 2. The van der Waals surface area contributed by atoms with Gasteiger partial charge in [-0.05, 0) is 18.2 Å². The molecule has 1 aromatic carbocycles. The first-order valence-electron chi connectivity index (χ1n) is 4.94. The van der Waals surface area contributed by atoms with Gasteiger partial charge >= 0.3 is 0 Å². The van der Waals surface area contributed by atoms with Crippen molar-refractivity contribution in [2.24, 2.45) is 0 Å². The summed E-state index contributed by atoms with van der Waals surface area (Å²) in [5.41, 5.74) is 1.43. The maximum absolute atomic E-state index is 10.9. The van der Waals surface area contributed by atoms with Crippen LogP contribution in [0.2, 0.25) is 5.02 Å². The Morgan fingerprint density at radius 2 is 1.88 bits per heavy atom. The van der Waals surface area contributed by atoms with Crippen LogP contribution in [0, 0.1) is 0 Å². The third-order valence-electron chi connectivity index (χ3n) is 2.16. The van der Waals surface area contributed by atoms with Crippen LogP contribution in [0.4, 0.5) is 5.69 Å². The molecule has 0 heterocycles. The Bertz CT molecular complexity index is 391. The molecule has 0 N–H and O–H groups in total. The Morgan fingerprint density at radius 3 is 2.38 bits per heavy atom. The van der Waals surface area contributed by atoms with Crippen LogP contribution in [-0.2, 0) is 0 Å². The van der Waals surface area contributed by atoms with Crippen molar-refractivity contribution < 1.29 is 4.79 Å². The van der Waals surface area contributed by atoms with E-state index in [1.165, 1.54) is 0 Å². The highest BCUT2D eigenvalue weighted by Crippen LogP contribution is 2.23. The normalized spacial score (nSPS) is 9.56. The summed E-state index contributed by atoms with van der Waals surface area (Å²) in [7, 11) is 0. The van der Waals surface area contributed by atoms with Crippen LogP contribution in [0.5, 0.6) is 0 Å². The van der Waals surface area contributed by atoms with Gasteiger partial charge in [0.05, 0.1) is 0 Å². The summed E-state index contributed by atoms with van der Waals surface area (Å²) >= 11 is 5.92. The minimum Gasteiger partial charge on any atom is -0.363 e. The van der Waals surface area contributed by atoms with E-state index in [2.05, 4.69) is 13.2 Å². The Kier molecular flexibility index (Phi) is 4.80. The highest BCUT2D eigenvalue weighted by molar-refractivity contribution is 6.31. The van der Waals surface area contributed by atoms with E-state index in [0.29, 0.717) is 23.7 Å². The first-order chi connectivity index (χ1) is 7.72. The van der Waals surface area contributed by atoms with Gasteiger partial charge in [-0.2, -0.15) is 0 Å². The number of anilines is 1. The standard InChI is InChI=1S/C13H14ClNO/c1-3-7-15(8-4-2)13-9-12(14)6-5-11(13)10-16/h3-6,9-10H,1-2,7-8H2. The second-order valence-corrected chi connectivity index (χ2v) is 3.74. The molecule has 0 spiro atoms. The van der Waals surface area contributed by atoms with Gasteiger partial charge in [-0.3, -0.25) is 4.79 Å². The molecule has 0 amide bonds. The summed E-state index contributed by atoms with van der Waals surface area (Å²) in [4.78, 5) is 12.9. The fourth-order valence-corrected chi connectivity index (χ4v) is 1.64. The number of benzene rings is 1. The van der Waals surface area contributed by atoms with Crippen LogP contribution in [0.1, 0.15) is 10.4 Å². The van der Waals surface area contributed by atoms with Crippen molar-refractivity contribution >= 4 is 23.6 Å². The van der Waals surface area contributed by atoms with E-state index in [-0.39, 0.29) is 0 Å². The lowest BCUT2D eigenvalue weighted by molar-refractivity contribution is 0.112. The van der Waals surface area contributed by atoms with Crippen LogP contribution in [0.25, 0.3) is 0 Å². The highest BCUT2D eigenvalue weighted by Gasteiger charge is 2.09. The fourth-order valence-electron chi connectivity index (χ4n) is 1.47. The average Bonchev–Trinajstić information content (AvgIpc) is 2.29. The number of halogens is 1. The number of rotatable bonds is 6. The molecule has 0 radical (unpaired) electrons. The molecule has 0 aliphatic rings. The van der Waals surface area contributed by atoms with Gasteiger partial charge in [-0.15, -0.1) is 13.2 Å². The summed E-state index contributed by atoms with van der Waals surface area (Å²) in [5.74, 6) is 0. The highest BCUT2D eigenvalue weighted by atomic mass is 35.5. The predicted molar refractivity (Wildman–Crippen MR) is 69.4 cm³/mol. The molecule has 1 rings (SSSR count). The zero-order valence-electron chi connectivity index (χ0n) is 9.03. The number of nitrogens with zero attached hydrogens (tertiary/aromatic N) is 1. The Morgan fingerprint density at radius 1 is 1.25 bits per heavy atom. The van der Waals surface area contributed by atoms with Crippen LogP contribution < -0.4 is 4.90 Å². The van der Waals surface area contributed by atoms with Gasteiger partial charge in [-0.25, -0.2) is 0 Å². The van der Waals surface area contributed by atoms with E-state index in [9.17, 15) is 4.79 Å². The molecule has 0 fully saturated rings. The Balaban J connectivity index is 3.13. The second-order valence-electron chi connectivity index (χ2n) is 3.30. The van der Waals surface area contributed by atoms with Crippen LogP contribution in [-0.4, -0.2) is 19.4 Å². The SMILES string of the molecule is C=CCN(CC=C)c1cc(Cl)ccc1C=O. The number of carbonyl (C=O) groups is 1. The van der Waals surface area contributed by atoms with Crippen molar-refractivity contribution in [1.82, 2.24) is 0 Å². The lowest BCUT2D eigenvalue weighted by Crippen LogP contribution is -2.24. The van der Waals surface area contributed by atoms with E-state index >= 15 is 0 Å². The van der Waals surface area contributed by atoms with Gasteiger partial charge in [0.25, 0.3) is 0 Å². The van der Waals surface area contributed by atoms with Gasteiger partial charge in [0.1, 0.15) is 0 Å². The average molecular weight is 236 g/mol. The van der Waals surface area contributed by atoms with Crippen molar-refractivity contribution in [3.8, 4) is 0 Å². The van der Waals surface area contributed by atoms with Crippen molar-refractivity contribution in [2.45, 2.75) is 0 Å². The lowest BCUT2D eigenvalue weighted by atomic mass is 10.1. The van der Waals surface area contributed by atoms with E-state index in [4.69, 9.17) is 11.6 Å². The van der Waals surface area contributed by atoms with E-state index in [0.717, 1.165) is 12.0 Å². The largest absolute Gasteiger partial charge is 0.363 e. The maximum Gasteiger partial charge on any atom is 0.152 e. The Labute approximate surface area is 101 Å². The summed E-state index contributed by atoms with van der Waals surface area (Å²) in [5, 5.41) is 0.610. The molecule has 0 saturated heterocycles. The van der Waals surface area contributed by atoms with E-state index in [1.54, 1.807) is 30.4 Å². The molecule has 0 bridgehead atoms. The van der Waals surface area contributed by atoms with Crippen molar-refractivity contribution in [3.63, 3.8) is 0 Å². The number of carbonyl (C=O) groups excluding carboxylic acids is 1. The molecular weight excluding hydrogens is 222 g/mol. The number of aldehydes is 1. The second kappa shape index (κ2) is 6.13. The molecule has 0 unspecified atom stereocenters. The van der Waals surface area contributed by atoms with Crippen molar-refractivity contribution in [1.29, 1.82) is 0 Å². The molecule has 0 aromatic heterocycles. The van der Waals surface area contributed by atoms with Gasteiger partial charge in [0.15, 0.2) is 6.29 Å². The minimum atomic E-state index is 0.610. The van der Waals surface area contributed by atoms with E-state index in [1.807, 2.05) is 4.90 Å². The molecule has 2 nitrogen and oxygen atoms in total. The molecule has 0 atom stereocenters. The maximum atomic E-state index is 10.9. The van der Waals surface area contributed by atoms with Gasteiger partial charge in [-0.1, -0.05) is 23.8 Å². The third kappa shape index (κ3) is 2.97. The molecular formula is C13H14ClNO. The van der Waals surface area contributed by atoms with Crippen LogP contribution in [0.15, 0.2) is 43.5 Å². The molecule has 1 aromatic rings. The summed E-state index contributed by atoms with van der Waals surface area (Å²) in [6, 6.07) is 5.19. The van der Waals surface area contributed by atoms with Gasteiger partial charge in [0.2, 0.25) is 0 Å². The molecule has 84 valence electrons. The molecule has 0 saturated carbocycles. The summed E-state index contributed by atoms with van der Waals surface area (Å²) in [6.07, 6.45) is 4.38. The predicted octanol–water partition coefficient (Wildman–Crippen LogP) is 3.33. The molecule has 3 heteroatoms. The summed E-state index contributed by atoms with van der Waals surface area (Å²) in [6.45, 7) is 8.67. The zero-order valence-corrected chi connectivity index (χ0v) is 9.78. The fraction of sp³-hybridized carbons (Fsp3) is 0.154. The topological polar surface area (TPSA) is 20.3 Å². The summed E-state index contributed by atoms with van der Waals surface area (Å²) < 4.78 is 0. The smallest absolute Gasteiger partial charge is 0.152 e. The van der Waals surface area contributed by atoms with E-state index < -0.39 is 0 Å². The van der Waals surface area contributed by atoms with Crippen LogP contribution >= 0.6 is 11.6 Å². The first-order valence-corrected chi connectivity index (χ1v) is 5.32. The Hall–Kier alpha value is -1.54. The quantitative estimate of drug-likeness (QED) is 0.557. The van der Waals surface area contributed by atoms with Crippen molar-refractivity contribution in [2.75, 3.05) is 18.0 Å². The van der Waals surface area contributed by atoms with Gasteiger partial charge in [0, 0.05) is 29.4 Å². The third-order valence-corrected chi connectivity index (χ3v) is 2.39. The minimum absolute atomic E-state index is 0.610. The van der Waals surface area contributed by atoms with Crippen molar-refractivity contribution in [3.05, 3.63) is 54.1 Å². The monoisotopic (exact) mass is 235 g/mol. The molecule has 16 heavy (non-hydrogen) atoms. The first kappa shape index (κ1) is 12.5. The zero-order chi connectivity index (χ0) is 12.0. The number of hydrogen-bond donors (Lipinski definition) is 0. The van der Waals surface area contributed by atoms with Gasteiger partial charge < -0.3 is 4.90 Å². The molecule has 0 aliphatic heterocycles. The molecule has 0 aliphatic carbocycles.